The van der Waals surface area contributed by atoms with Gasteiger partial charge in [0.05, 0.1) is 28.4 Å². The molecule has 0 bridgehead atoms. The van der Waals surface area contributed by atoms with E-state index in [4.69, 9.17) is 0 Å². The third-order valence-electron chi connectivity index (χ3n) is 5.89. The molecule has 32 heavy (non-hydrogen) atoms. The van der Waals surface area contributed by atoms with Crippen molar-refractivity contribution >= 4 is 22.4 Å². The molecule has 162 valence electrons. The molecule has 4 aromatic rings. The molecule has 0 saturated heterocycles. The second-order valence-electron chi connectivity index (χ2n) is 8.09. The fourth-order valence-corrected chi connectivity index (χ4v) is 4.42. The number of Topliss-reactive ketones (excluding diaryl/α,β-unsaturated/α-hetero) is 1. The third-order valence-corrected chi connectivity index (χ3v) is 5.89. The van der Waals surface area contributed by atoms with Crippen molar-refractivity contribution in [1.82, 2.24) is 14.5 Å². The summed E-state index contributed by atoms with van der Waals surface area (Å²) in [5.41, 5.74) is 4.57. The number of carbonyl (C=O) groups excluding carboxylic acids is 1. The van der Waals surface area contributed by atoms with Gasteiger partial charge in [0.25, 0.3) is 5.56 Å². The molecule has 0 aliphatic carbocycles. The van der Waals surface area contributed by atoms with Crippen LogP contribution in [-0.2, 0) is 0 Å². The number of aromatic nitrogens is 3. The van der Waals surface area contributed by atoms with E-state index < -0.39 is 0 Å². The minimum Gasteiger partial charge on any atom is -0.361 e. The van der Waals surface area contributed by atoms with Crippen LogP contribution in [-0.4, -0.2) is 20.3 Å². The van der Waals surface area contributed by atoms with Crippen LogP contribution in [0, 0.1) is 20.8 Å². The Bertz CT molecular complexity index is 1390. The Morgan fingerprint density at radius 1 is 1.00 bits per heavy atom. The van der Waals surface area contributed by atoms with E-state index in [1.165, 1.54) is 13.3 Å². The van der Waals surface area contributed by atoms with Gasteiger partial charge in [0, 0.05) is 5.69 Å². The first-order chi connectivity index (χ1) is 15.3. The van der Waals surface area contributed by atoms with Gasteiger partial charge in [-0.1, -0.05) is 36.4 Å². The average molecular weight is 427 g/mol. The quantitative estimate of drug-likeness (QED) is 0.450. The first kappa shape index (κ1) is 21.4. The highest BCUT2D eigenvalue weighted by Gasteiger charge is 2.23. The van der Waals surface area contributed by atoms with Crippen LogP contribution in [0.1, 0.15) is 52.8 Å². The Kier molecular flexibility index (Phi) is 5.61. The maximum atomic E-state index is 13.8. The maximum absolute atomic E-state index is 13.8. The van der Waals surface area contributed by atoms with Crippen LogP contribution in [0.5, 0.6) is 0 Å². The van der Waals surface area contributed by atoms with E-state index in [0.717, 1.165) is 27.9 Å². The van der Waals surface area contributed by atoms with E-state index in [1.807, 2.05) is 69.3 Å². The summed E-state index contributed by atoms with van der Waals surface area (Å²) >= 11 is 0. The molecule has 0 saturated carbocycles. The predicted molar refractivity (Wildman–Crippen MR) is 128 cm³/mol. The number of fused-ring (bicyclic) bond motifs is 1. The fraction of sp³-hybridized carbons (Fsp3) is 0.231. The van der Waals surface area contributed by atoms with Gasteiger partial charge in [-0.05, 0) is 63.3 Å². The lowest BCUT2D eigenvalue weighted by Crippen LogP contribution is -2.28. The second-order valence-corrected chi connectivity index (χ2v) is 8.09. The number of nitrogens with one attached hydrogen (secondary N) is 1. The number of hydrogen-bond acceptors (Lipinski definition) is 5. The van der Waals surface area contributed by atoms with Crippen LogP contribution in [0.3, 0.4) is 0 Å². The molecule has 0 aliphatic rings. The number of pyridine rings is 1. The Hall–Kier alpha value is -3.80. The van der Waals surface area contributed by atoms with E-state index in [0.29, 0.717) is 22.5 Å². The highest BCUT2D eigenvalue weighted by molar-refractivity contribution is 5.99. The predicted octanol–water partition coefficient (Wildman–Crippen LogP) is 5.08. The summed E-state index contributed by atoms with van der Waals surface area (Å²) in [6, 6.07) is 15.2. The average Bonchev–Trinajstić information content (AvgIpc) is 2.76. The molecule has 2 aromatic heterocycles. The molecular formula is C26H26N4O2. The normalized spacial score (nSPS) is 12.0. The summed E-state index contributed by atoms with van der Waals surface area (Å²) in [6.07, 6.45) is 1.44. The number of hydrogen-bond donors (Lipinski definition) is 1. The summed E-state index contributed by atoms with van der Waals surface area (Å²) < 4.78 is 1.77. The van der Waals surface area contributed by atoms with Crippen LogP contribution in [0.4, 0.5) is 5.82 Å². The zero-order valence-electron chi connectivity index (χ0n) is 18.9. The maximum Gasteiger partial charge on any atom is 0.263 e. The molecule has 2 aromatic carbocycles. The van der Waals surface area contributed by atoms with Gasteiger partial charge >= 0.3 is 0 Å². The number of rotatable bonds is 5. The molecule has 0 radical (unpaired) electrons. The molecule has 6 heteroatoms. The van der Waals surface area contributed by atoms with Crippen molar-refractivity contribution in [3.63, 3.8) is 0 Å². The number of carbonyl (C=O) groups is 1. The van der Waals surface area contributed by atoms with Crippen molar-refractivity contribution in [2.24, 2.45) is 0 Å². The van der Waals surface area contributed by atoms with Crippen LogP contribution in [0.15, 0.2) is 59.7 Å². The van der Waals surface area contributed by atoms with Gasteiger partial charge in [0.2, 0.25) is 0 Å². The number of anilines is 1. The molecule has 6 nitrogen and oxygen atoms in total. The summed E-state index contributed by atoms with van der Waals surface area (Å²) in [5, 5.41) is 5.02. The van der Waals surface area contributed by atoms with Crippen molar-refractivity contribution in [1.29, 1.82) is 0 Å². The number of para-hydroxylation sites is 1. The summed E-state index contributed by atoms with van der Waals surface area (Å²) in [7, 11) is 0. The molecule has 0 unspecified atom stereocenters. The zero-order chi connectivity index (χ0) is 23.0. The van der Waals surface area contributed by atoms with Crippen molar-refractivity contribution in [2.75, 3.05) is 5.32 Å². The molecule has 0 aliphatic heterocycles. The standard InChI is InChI=1S/C26H26N4O2/c1-15-10-9-13-21-16(2)24(30(26(32)22(15)21)20-11-7-6-8-12-20)18(4)29-25-23(19(5)31)17(3)27-14-28-25/h6-14,18H,1-5H3,(H,27,28,29)/t18-/m0/s1. The van der Waals surface area contributed by atoms with Crippen LogP contribution in [0.25, 0.3) is 16.5 Å². The van der Waals surface area contributed by atoms with E-state index >= 15 is 0 Å². The molecule has 2 heterocycles. The lowest BCUT2D eigenvalue weighted by atomic mass is 9.98. The summed E-state index contributed by atoms with van der Waals surface area (Å²) in [6.45, 7) is 9.27. The zero-order valence-corrected chi connectivity index (χ0v) is 18.9. The summed E-state index contributed by atoms with van der Waals surface area (Å²) in [5.74, 6) is 0.359. The van der Waals surface area contributed by atoms with Crippen molar-refractivity contribution < 1.29 is 4.79 Å². The molecular weight excluding hydrogens is 400 g/mol. The minimum absolute atomic E-state index is 0.0655. The lowest BCUT2D eigenvalue weighted by Gasteiger charge is -2.25. The number of ketones is 1. The first-order valence-corrected chi connectivity index (χ1v) is 10.6. The van der Waals surface area contributed by atoms with Gasteiger partial charge in [-0.15, -0.1) is 0 Å². The van der Waals surface area contributed by atoms with Crippen molar-refractivity contribution in [2.45, 2.75) is 40.7 Å². The van der Waals surface area contributed by atoms with Gasteiger partial charge in [-0.2, -0.15) is 0 Å². The molecule has 1 atom stereocenters. The van der Waals surface area contributed by atoms with Crippen LogP contribution in [0.2, 0.25) is 0 Å². The molecule has 0 fully saturated rings. The van der Waals surface area contributed by atoms with Crippen molar-refractivity contribution in [3.8, 4) is 5.69 Å². The smallest absolute Gasteiger partial charge is 0.263 e. The second kappa shape index (κ2) is 8.38. The molecule has 1 N–H and O–H groups in total. The monoisotopic (exact) mass is 426 g/mol. The van der Waals surface area contributed by atoms with E-state index in [9.17, 15) is 9.59 Å². The largest absolute Gasteiger partial charge is 0.361 e. The lowest BCUT2D eigenvalue weighted by molar-refractivity contribution is 0.101. The van der Waals surface area contributed by atoms with E-state index in [2.05, 4.69) is 15.3 Å². The molecule has 0 amide bonds. The van der Waals surface area contributed by atoms with Crippen molar-refractivity contribution in [3.05, 3.63) is 93.3 Å². The van der Waals surface area contributed by atoms with Gasteiger partial charge < -0.3 is 5.32 Å². The Balaban J connectivity index is 1.99. The highest BCUT2D eigenvalue weighted by atomic mass is 16.1. The molecule has 0 spiro atoms. The van der Waals surface area contributed by atoms with Gasteiger partial charge in [0.1, 0.15) is 12.1 Å². The van der Waals surface area contributed by atoms with Crippen LogP contribution >= 0.6 is 0 Å². The number of aryl methyl sites for hydroxylation is 3. The minimum atomic E-state index is -0.305. The number of nitrogens with zero attached hydrogens (tertiary/aromatic N) is 3. The first-order valence-electron chi connectivity index (χ1n) is 10.6. The molecule has 4 rings (SSSR count). The Morgan fingerprint density at radius 3 is 2.41 bits per heavy atom. The summed E-state index contributed by atoms with van der Waals surface area (Å²) in [4.78, 5) is 34.5. The van der Waals surface area contributed by atoms with Gasteiger partial charge in [-0.3, -0.25) is 14.2 Å². The Labute approximate surface area is 187 Å². The van der Waals surface area contributed by atoms with E-state index in [1.54, 1.807) is 11.5 Å². The van der Waals surface area contributed by atoms with Gasteiger partial charge in [-0.25, -0.2) is 9.97 Å². The van der Waals surface area contributed by atoms with Crippen LogP contribution < -0.4 is 10.9 Å². The third kappa shape index (κ3) is 3.58. The fourth-order valence-electron chi connectivity index (χ4n) is 4.42. The Morgan fingerprint density at radius 2 is 1.72 bits per heavy atom. The van der Waals surface area contributed by atoms with Gasteiger partial charge in [0.15, 0.2) is 5.78 Å². The van der Waals surface area contributed by atoms with E-state index in [-0.39, 0.29) is 17.4 Å². The topological polar surface area (TPSA) is 76.9 Å². The SMILES string of the molecule is CC(=O)c1c(C)ncnc1N[C@@H](C)c1c(C)c2cccc(C)c2c(=O)n1-c1ccccc1. The highest BCUT2D eigenvalue weighted by Crippen LogP contribution is 2.30. The number of benzene rings is 2.